The minimum Gasteiger partial charge on any atom is -0.451 e. The van der Waals surface area contributed by atoms with Crippen LogP contribution in [0.1, 0.15) is 31.8 Å². The molecule has 120 valence electrons. The lowest BCUT2D eigenvalue weighted by molar-refractivity contribution is -0.119. The number of benzene rings is 1. The van der Waals surface area contributed by atoms with E-state index in [1.54, 1.807) is 24.3 Å². The minimum absolute atomic E-state index is 0.122. The molecule has 0 atom stereocenters. The Bertz CT molecular complexity index is 769. The van der Waals surface area contributed by atoms with Crippen molar-refractivity contribution in [3.05, 3.63) is 50.7 Å². The average molecular weight is 352 g/mol. The number of ether oxygens (including phenoxy) is 1. The summed E-state index contributed by atoms with van der Waals surface area (Å²) in [6, 6.07) is 8.17. The second kappa shape index (κ2) is 7.39. The van der Waals surface area contributed by atoms with Gasteiger partial charge in [-0.2, -0.15) is 0 Å². The van der Waals surface area contributed by atoms with E-state index in [4.69, 9.17) is 16.3 Å². The number of esters is 1. The van der Waals surface area contributed by atoms with Gasteiger partial charge in [0, 0.05) is 10.7 Å². The van der Waals surface area contributed by atoms with Crippen LogP contribution in [-0.4, -0.2) is 24.3 Å². The number of Topliss-reactive ketones (excluding diaryl/α,β-unsaturated/α-hetero) is 1. The van der Waals surface area contributed by atoms with E-state index >= 15 is 0 Å². The number of halogens is 1. The van der Waals surface area contributed by atoms with Gasteiger partial charge in [-0.3, -0.25) is 9.59 Å². The molecule has 0 aliphatic rings. The van der Waals surface area contributed by atoms with Crippen molar-refractivity contribution < 1.29 is 19.1 Å². The Hall–Kier alpha value is -2.18. The third-order valence-corrected chi connectivity index (χ3v) is 4.36. The van der Waals surface area contributed by atoms with E-state index in [-0.39, 0.29) is 10.7 Å². The largest absolute Gasteiger partial charge is 0.451 e. The van der Waals surface area contributed by atoms with E-state index in [1.807, 2.05) is 6.92 Å². The van der Waals surface area contributed by atoms with Gasteiger partial charge in [0.1, 0.15) is 4.88 Å². The molecule has 5 nitrogen and oxygen atoms in total. The number of carbonyl (C=O) groups is 3. The molecule has 0 saturated heterocycles. The van der Waals surface area contributed by atoms with E-state index in [0.29, 0.717) is 15.6 Å². The van der Waals surface area contributed by atoms with Gasteiger partial charge in [-0.05, 0) is 43.7 Å². The molecule has 1 amide bonds. The van der Waals surface area contributed by atoms with Gasteiger partial charge >= 0.3 is 5.97 Å². The number of rotatable bonds is 5. The fourth-order valence-corrected chi connectivity index (χ4v) is 2.72. The van der Waals surface area contributed by atoms with Crippen molar-refractivity contribution in [2.75, 3.05) is 11.9 Å². The highest BCUT2D eigenvalue weighted by atomic mass is 35.5. The van der Waals surface area contributed by atoms with Gasteiger partial charge in [0.2, 0.25) is 0 Å². The smallest absolute Gasteiger partial charge is 0.348 e. The molecule has 0 unspecified atom stereocenters. The molecule has 0 aliphatic heterocycles. The van der Waals surface area contributed by atoms with E-state index in [0.717, 1.165) is 16.9 Å². The number of hydrogen-bond acceptors (Lipinski definition) is 5. The van der Waals surface area contributed by atoms with Crippen LogP contribution in [0.4, 0.5) is 5.69 Å². The Morgan fingerprint density at radius 3 is 2.52 bits per heavy atom. The summed E-state index contributed by atoms with van der Waals surface area (Å²) in [5.41, 5.74) is 1.41. The highest BCUT2D eigenvalue weighted by Gasteiger charge is 2.14. The van der Waals surface area contributed by atoms with Crippen LogP contribution in [0.15, 0.2) is 30.3 Å². The lowest BCUT2D eigenvalue weighted by Crippen LogP contribution is -2.21. The summed E-state index contributed by atoms with van der Waals surface area (Å²) in [6.45, 7) is 2.83. The van der Waals surface area contributed by atoms with Crippen molar-refractivity contribution >= 4 is 46.3 Å². The van der Waals surface area contributed by atoms with Crippen LogP contribution in [0.5, 0.6) is 0 Å². The van der Waals surface area contributed by atoms with Gasteiger partial charge in [-0.15, -0.1) is 11.3 Å². The van der Waals surface area contributed by atoms with Crippen LogP contribution < -0.4 is 5.32 Å². The third-order valence-electron chi connectivity index (χ3n) is 2.96. The predicted octanol–water partition coefficient (Wildman–Crippen LogP) is 3.71. The number of nitrogens with one attached hydrogen (secondary N) is 1. The Morgan fingerprint density at radius 1 is 1.17 bits per heavy atom. The van der Waals surface area contributed by atoms with E-state index < -0.39 is 18.5 Å². The molecule has 1 aromatic carbocycles. The van der Waals surface area contributed by atoms with Crippen LogP contribution in [0.3, 0.4) is 0 Å². The second-order valence-electron chi connectivity index (χ2n) is 4.80. The van der Waals surface area contributed by atoms with E-state index in [9.17, 15) is 14.4 Å². The van der Waals surface area contributed by atoms with Crippen molar-refractivity contribution in [2.24, 2.45) is 0 Å². The average Bonchev–Trinajstić information content (AvgIpc) is 2.99. The lowest BCUT2D eigenvalue weighted by Gasteiger charge is -2.09. The molecule has 7 heteroatoms. The molecule has 0 spiro atoms. The van der Waals surface area contributed by atoms with Crippen LogP contribution in [-0.2, 0) is 9.53 Å². The topological polar surface area (TPSA) is 72.5 Å². The lowest BCUT2D eigenvalue weighted by atomic mass is 10.2. The van der Waals surface area contributed by atoms with Crippen molar-refractivity contribution in [3.63, 3.8) is 0 Å². The monoisotopic (exact) mass is 351 g/mol. The summed E-state index contributed by atoms with van der Waals surface area (Å²) < 4.78 is 4.94. The highest BCUT2D eigenvalue weighted by Crippen LogP contribution is 2.20. The summed E-state index contributed by atoms with van der Waals surface area (Å²) in [5.74, 6) is -1.23. The summed E-state index contributed by atoms with van der Waals surface area (Å²) in [6.07, 6.45) is 0. The molecule has 1 N–H and O–H groups in total. The fourth-order valence-electron chi connectivity index (χ4n) is 1.75. The predicted molar refractivity (Wildman–Crippen MR) is 89.4 cm³/mol. The number of thiophene rings is 1. The maximum Gasteiger partial charge on any atom is 0.348 e. The van der Waals surface area contributed by atoms with Crippen LogP contribution >= 0.6 is 22.9 Å². The zero-order valence-electron chi connectivity index (χ0n) is 12.5. The van der Waals surface area contributed by atoms with Crippen molar-refractivity contribution in [1.29, 1.82) is 0 Å². The molecule has 1 aromatic heterocycles. The van der Waals surface area contributed by atoms with Gasteiger partial charge in [-0.25, -0.2) is 4.79 Å². The molecule has 2 aromatic rings. The quantitative estimate of drug-likeness (QED) is 0.658. The highest BCUT2D eigenvalue weighted by molar-refractivity contribution is 7.15. The number of ketones is 1. The molecular weight excluding hydrogens is 338 g/mol. The number of hydrogen-bond donors (Lipinski definition) is 1. The first kappa shape index (κ1) is 17.2. The molecule has 1 heterocycles. The first-order valence-electron chi connectivity index (χ1n) is 6.70. The first-order chi connectivity index (χ1) is 10.9. The molecular formula is C16H14ClNO4S. The number of anilines is 1. The van der Waals surface area contributed by atoms with Crippen molar-refractivity contribution in [1.82, 2.24) is 0 Å². The Labute approximate surface area is 142 Å². The van der Waals surface area contributed by atoms with Crippen LogP contribution in [0.25, 0.3) is 0 Å². The van der Waals surface area contributed by atoms with Gasteiger partial charge in [-0.1, -0.05) is 17.7 Å². The Morgan fingerprint density at radius 2 is 1.87 bits per heavy atom. The molecule has 0 radical (unpaired) electrons. The second-order valence-corrected chi connectivity index (χ2v) is 6.32. The normalized spacial score (nSPS) is 10.2. The number of carbonyl (C=O) groups excluding carboxylic acids is 3. The number of amides is 1. The van der Waals surface area contributed by atoms with Crippen molar-refractivity contribution in [3.8, 4) is 0 Å². The van der Waals surface area contributed by atoms with Gasteiger partial charge in [0.25, 0.3) is 5.91 Å². The van der Waals surface area contributed by atoms with Crippen molar-refractivity contribution in [2.45, 2.75) is 13.8 Å². The maximum absolute atomic E-state index is 11.8. The van der Waals surface area contributed by atoms with E-state index in [2.05, 4.69) is 5.32 Å². The van der Waals surface area contributed by atoms with Crippen LogP contribution in [0.2, 0.25) is 5.02 Å². The molecule has 0 aliphatic carbocycles. The SMILES string of the molecule is CC(=O)c1ccc(C(=O)OCC(=O)Nc2cc(Cl)ccc2C)s1. The van der Waals surface area contributed by atoms with E-state index in [1.165, 1.54) is 13.0 Å². The fraction of sp³-hybridized carbons (Fsp3) is 0.188. The molecule has 0 bridgehead atoms. The zero-order chi connectivity index (χ0) is 17.0. The van der Waals surface area contributed by atoms with Gasteiger partial charge < -0.3 is 10.1 Å². The van der Waals surface area contributed by atoms with Gasteiger partial charge in [0.05, 0.1) is 4.88 Å². The van der Waals surface area contributed by atoms with Gasteiger partial charge in [0.15, 0.2) is 12.4 Å². The molecule has 23 heavy (non-hydrogen) atoms. The molecule has 0 saturated carbocycles. The van der Waals surface area contributed by atoms with Crippen LogP contribution in [0, 0.1) is 6.92 Å². The molecule has 0 fully saturated rings. The Balaban J connectivity index is 1.92. The standard InChI is InChI=1S/C16H14ClNO4S/c1-9-3-4-11(17)7-12(9)18-15(20)8-22-16(21)14-6-5-13(23-14)10(2)19/h3-7H,8H2,1-2H3,(H,18,20). The third kappa shape index (κ3) is 4.64. The Kier molecular flexibility index (Phi) is 5.52. The summed E-state index contributed by atoms with van der Waals surface area (Å²) in [7, 11) is 0. The minimum atomic E-state index is -0.638. The number of aryl methyl sites for hydroxylation is 1. The summed E-state index contributed by atoms with van der Waals surface area (Å²) >= 11 is 6.91. The first-order valence-corrected chi connectivity index (χ1v) is 7.90. The summed E-state index contributed by atoms with van der Waals surface area (Å²) in [4.78, 5) is 35.6. The molecule has 2 rings (SSSR count). The summed E-state index contributed by atoms with van der Waals surface area (Å²) in [5, 5.41) is 3.13. The maximum atomic E-state index is 11.8. The zero-order valence-corrected chi connectivity index (χ0v) is 14.1.